The second-order valence-corrected chi connectivity index (χ2v) is 6.16. The van der Waals surface area contributed by atoms with E-state index in [0.717, 1.165) is 5.56 Å². The lowest BCUT2D eigenvalue weighted by Crippen LogP contribution is -2.16. The molecule has 134 valence electrons. The Morgan fingerprint density at radius 3 is 2.63 bits per heavy atom. The molecule has 0 fully saturated rings. The number of anilines is 2. The molecule has 0 aliphatic carbocycles. The highest BCUT2D eigenvalue weighted by atomic mass is 32.1. The number of benzene rings is 1. The molecule has 4 rings (SSSR count). The first-order valence-electron chi connectivity index (χ1n) is 7.63. The minimum Gasteiger partial charge on any atom is -0.341 e. The van der Waals surface area contributed by atoms with Crippen LogP contribution in [-0.4, -0.2) is 47.4 Å². The van der Waals surface area contributed by atoms with Gasteiger partial charge in [-0.1, -0.05) is 46.8 Å². The van der Waals surface area contributed by atoms with Crippen molar-refractivity contribution in [2.45, 2.75) is 0 Å². The van der Waals surface area contributed by atoms with Gasteiger partial charge in [0, 0.05) is 12.4 Å². The average Bonchev–Trinajstić information content (AvgIpc) is 3.44. The standard InChI is InChI=1S/C15H11N9O2S/c25-12(19-14-21-23-24-22-14)9-10(8-4-2-1-3-5-8)27-15(18-9)20-13(26)11-16-6-7-17-11/h1-7H,(H,16,17)(H,18,20,26)(H2,19,21,22,23,24,25). The number of thiazole rings is 1. The zero-order valence-corrected chi connectivity index (χ0v) is 14.3. The fourth-order valence-electron chi connectivity index (χ4n) is 2.24. The van der Waals surface area contributed by atoms with Crippen molar-refractivity contribution in [2.24, 2.45) is 0 Å². The first kappa shape index (κ1) is 16.5. The highest BCUT2D eigenvalue weighted by Crippen LogP contribution is 2.33. The summed E-state index contributed by atoms with van der Waals surface area (Å²) in [5, 5.41) is 18.3. The molecule has 0 bridgehead atoms. The SMILES string of the molecule is O=C(Nc1nc(C(=O)Nc2nnn[nH]2)c(-c2ccccc2)s1)c1ncc[nH]1. The lowest BCUT2D eigenvalue weighted by atomic mass is 10.1. The van der Waals surface area contributed by atoms with Crippen molar-refractivity contribution in [3.05, 3.63) is 54.2 Å². The third-order valence-electron chi connectivity index (χ3n) is 3.39. The number of imidazole rings is 1. The second-order valence-electron chi connectivity index (χ2n) is 5.16. The van der Waals surface area contributed by atoms with Crippen LogP contribution in [-0.2, 0) is 0 Å². The van der Waals surface area contributed by atoms with E-state index in [9.17, 15) is 9.59 Å². The topological polar surface area (TPSA) is 154 Å². The number of aromatic nitrogens is 7. The molecule has 27 heavy (non-hydrogen) atoms. The van der Waals surface area contributed by atoms with Crippen LogP contribution in [0.5, 0.6) is 0 Å². The van der Waals surface area contributed by atoms with Crippen LogP contribution in [0.15, 0.2) is 42.7 Å². The van der Waals surface area contributed by atoms with Gasteiger partial charge in [-0.25, -0.2) is 15.1 Å². The second kappa shape index (κ2) is 7.13. The number of hydrogen-bond donors (Lipinski definition) is 4. The Balaban J connectivity index is 1.66. The molecule has 0 unspecified atom stereocenters. The summed E-state index contributed by atoms with van der Waals surface area (Å²) in [6, 6.07) is 9.25. The highest BCUT2D eigenvalue weighted by Gasteiger charge is 2.22. The number of carbonyl (C=O) groups is 2. The van der Waals surface area contributed by atoms with E-state index in [2.05, 4.69) is 46.2 Å². The van der Waals surface area contributed by atoms with Crippen molar-refractivity contribution in [3.8, 4) is 10.4 Å². The number of H-pyrrole nitrogens is 2. The molecular formula is C15H11N9O2S. The van der Waals surface area contributed by atoms with Crippen LogP contribution in [0.1, 0.15) is 21.1 Å². The molecule has 0 saturated carbocycles. The number of tetrazole rings is 1. The monoisotopic (exact) mass is 381 g/mol. The average molecular weight is 381 g/mol. The van der Waals surface area contributed by atoms with Crippen LogP contribution < -0.4 is 10.6 Å². The molecule has 3 aromatic heterocycles. The molecule has 1 aromatic carbocycles. The van der Waals surface area contributed by atoms with Crippen LogP contribution in [0.2, 0.25) is 0 Å². The number of carbonyl (C=O) groups excluding carboxylic acids is 2. The Kier molecular flexibility index (Phi) is 4.37. The van der Waals surface area contributed by atoms with Gasteiger partial charge in [-0.05, 0) is 16.0 Å². The molecule has 2 amide bonds. The molecule has 11 nitrogen and oxygen atoms in total. The van der Waals surface area contributed by atoms with Crippen molar-refractivity contribution >= 4 is 34.2 Å². The van der Waals surface area contributed by atoms with Crippen LogP contribution in [0.4, 0.5) is 11.1 Å². The predicted molar refractivity (Wildman–Crippen MR) is 96.2 cm³/mol. The summed E-state index contributed by atoms with van der Waals surface area (Å²) in [5.41, 5.74) is 0.923. The smallest absolute Gasteiger partial charge is 0.293 e. The summed E-state index contributed by atoms with van der Waals surface area (Å²) in [4.78, 5) is 36.3. The van der Waals surface area contributed by atoms with E-state index in [1.54, 1.807) is 0 Å². The molecule has 0 aliphatic heterocycles. The van der Waals surface area contributed by atoms with Gasteiger partial charge in [0.15, 0.2) is 11.0 Å². The molecule has 0 aliphatic rings. The molecule has 0 saturated heterocycles. The van der Waals surface area contributed by atoms with E-state index in [4.69, 9.17) is 0 Å². The highest BCUT2D eigenvalue weighted by molar-refractivity contribution is 7.19. The maximum absolute atomic E-state index is 12.6. The van der Waals surface area contributed by atoms with Crippen molar-refractivity contribution in [1.82, 2.24) is 35.6 Å². The Hall–Kier alpha value is -3.93. The van der Waals surface area contributed by atoms with Crippen molar-refractivity contribution in [3.63, 3.8) is 0 Å². The number of aromatic amines is 2. The molecule has 12 heteroatoms. The maximum Gasteiger partial charge on any atom is 0.293 e. The van der Waals surface area contributed by atoms with Gasteiger partial charge in [0.2, 0.25) is 5.95 Å². The molecule has 4 N–H and O–H groups in total. The van der Waals surface area contributed by atoms with Gasteiger partial charge in [0.1, 0.15) is 5.69 Å². The van der Waals surface area contributed by atoms with Crippen LogP contribution in [0, 0.1) is 0 Å². The van der Waals surface area contributed by atoms with Crippen molar-refractivity contribution in [1.29, 1.82) is 0 Å². The zero-order chi connectivity index (χ0) is 18.6. The summed E-state index contributed by atoms with van der Waals surface area (Å²) in [6.07, 6.45) is 3.01. The predicted octanol–water partition coefficient (Wildman–Crippen LogP) is 1.55. The number of nitrogens with one attached hydrogen (secondary N) is 4. The maximum atomic E-state index is 12.6. The Morgan fingerprint density at radius 1 is 1.07 bits per heavy atom. The lowest BCUT2D eigenvalue weighted by molar-refractivity contribution is 0.100. The molecule has 3 heterocycles. The van der Waals surface area contributed by atoms with Crippen molar-refractivity contribution in [2.75, 3.05) is 10.6 Å². The van der Waals surface area contributed by atoms with E-state index >= 15 is 0 Å². The van der Waals surface area contributed by atoms with Gasteiger partial charge in [0.05, 0.1) is 4.88 Å². The van der Waals surface area contributed by atoms with Gasteiger partial charge in [-0.15, -0.1) is 0 Å². The third-order valence-corrected chi connectivity index (χ3v) is 4.41. The number of amides is 2. The number of nitrogens with zero attached hydrogens (tertiary/aromatic N) is 5. The lowest BCUT2D eigenvalue weighted by Gasteiger charge is -2.01. The fraction of sp³-hybridized carbons (Fsp3) is 0. The van der Waals surface area contributed by atoms with Gasteiger partial charge < -0.3 is 4.98 Å². The first-order chi connectivity index (χ1) is 13.2. The summed E-state index contributed by atoms with van der Waals surface area (Å²) in [6.45, 7) is 0. The summed E-state index contributed by atoms with van der Waals surface area (Å²) >= 11 is 1.17. The Labute approximate surface area is 155 Å². The van der Waals surface area contributed by atoms with Crippen molar-refractivity contribution < 1.29 is 9.59 Å². The van der Waals surface area contributed by atoms with Gasteiger partial charge in [-0.2, -0.15) is 0 Å². The van der Waals surface area contributed by atoms with E-state index in [1.807, 2.05) is 30.3 Å². The molecule has 0 radical (unpaired) electrons. The molecule has 0 atom stereocenters. The van der Waals surface area contributed by atoms with Gasteiger partial charge in [0.25, 0.3) is 11.8 Å². The summed E-state index contributed by atoms with van der Waals surface area (Å²) < 4.78 is 0. The minimum absolute atomic E-state index is 0.0909. The fourth-order valence-corrected chi connectivity index (χ4v) is 3.20. The van der Waals surface area contributed by atoms with Gasteiger partial charge in [-0.3, -0.25) is 20.2 Å². The number of hydrogen-bond acceptors (Lipinski definition) is 8. The summed E-state index contributed by atoms with van der Waals surface area (Å²) in [7, 11) is 0. The van der Waals surface area contributed by atoms with E-state index in [0.29, 0.717) is 4.88 Å². The van der Waals surface area contributed by atoms with Gasteiger partial charge >= 0.3 is 0 Å². The first-order valence-corrected chi connectivity index (χ1v) is 8.44. The van der Waals surface area contributed by atoms with E-state index in [-0.39, 0.29) is 22.6 Å². The normalized spacial score (nSPS) is 10.5. The molecule has 4 aromatic rings. The van der Waals surface area contributed by atoms with Crippen LogP contribution in [0.3, 0.4) is 0 Å². The minimum atomic E-state index is -0.512. The Morgan fingerprint density at radius 2 is 1.93 bits per heavy atom. The number of rotatable bonds is 5. The van der Waals surface area contributed by atoms with E-state index in [1.165, 1.54) is 23.7 Å². The van der Waals surface area contributed by atoms with E-state index < -0.39 is 11.8 Å². The largest absolute Gasteiger partial charge is 0.341 e. The quantitative estimate of drug-likeness (QED) is 0.409. The van der Waals surface area contributed by atoms with Crippen LogP contribution in [0.25, 0.3) is 10.4 Å². The molecular weight excluding hydrogens is 370 g/mol. The summed E-state index contributed by atoms with van der Waals surface area (Å²) in [5.74, 6) is -0.736. The zero-order valence-electron chi connectivity index (χ0n) is 13.5. The molecule has 0 spiro atoms. The Bertz CT molecular complexity index is 1060. The third kappa shape index (κ3) is 3.55. The van der Waals surface area contributed by atoms with Crippen LogP contribution >= 0.6 is 11.3 Å².